The number of fused-ring (bicyclic) bond motifs is 2. The molecular formula is C27H26N4OS. The van der Waals surface area contributed by atoms with Gasteiger partial charge in [-0.15, -0.1) is 11.3 Å². The zero-order valence-electron chi connectivity index (χ0n) is 18.8. The van der Waals surface area contributed by atoms with Gasteiger partial charge in [0.1, 0.15) is 22.7 Å². The number of thiophene rings is 1. The minimum Gasteiger partial charge on any atom is -0.494 e. The van der Waals surface area contributed by atoms with E-state index in [-0.39, 0.29) is 0 Å². The molecule has 2 aromatic heterocycles. The number of hydrogen-bond donors (Lipinski definition) is 2. The summed E-state index contributed by atoms with van der Waals surface area (Å²) in [5.74, 6) is 1.75. The van der Waals surface area contributed by atoms with Crippen LogP contribution in [0.25, 0.3) is 32.1 Å². The topological polar surface area (TPSA) is 59.1 Å². The van der Waals surface area contributed by atoms with Crippen molar-refractivity contribution in [3.8, 4) is 16.9 Å². The van der Waals surface area contributed by atoms with Gasteiger partial charge in [0.25, 0.3) is 0 Å². The molecular weight excluding hydrogens is 428 g/mol. The van der Waals surface area contributed by atoms with Crippen LogP contribution in [0.3, 0.4) is 0 Å². The van der Waals surface area contributed by atoms with Gasteiger partial charge in [0, 0.05) is 34.6 Å². The fraction of sp³-hybridized carbons (Fsp3) is 0.185. The summed E-state index contributed by atoms with van der Waals surface area (Å²) in [6.45, 7) is 6.32. The molecule has 0 saturated heterocycles. The van der Waals surface area contributed by atoms with Crippen molar-refractivity contribution in [1.29, 1.82) is 0 Å². The molecule has 0 aliphatic rings. The molecule has 2 heterocycles. The molecule has 0 saturated carbocycles. The van der Waals surface area contributed by atoms with Gasteiger partial charge in [-0.25, -0.2) is 9.97 Å². The molecule has 5 aromatic rings. The number of aryl methyl sites for hydroxylation is 1. The van der Waals surface area contributed by atoms with Crippen LogP contribution in [-0.2, 0) is 0 Å². The number of nitrogens with zero attached hydrogens (tertiary/aromatic N) is 2. The van der Waals surface area contributed by atoms with Crippen molar-refractivity contribution in [1.82, 2.24) is 9.97 Å². The first kappa shape index (κ1) is 21.2. The third-order valence-corrected chi connectivity index (χ3v) is 6.65. The Bertz CT molecular complexity index is 1390. The van der Waals surface area contributed by atoms with E-state index in [1.807, 2.05) is 19.1 Å². The van der Waals surface area contributed by atoms with Gasteiger partial charge in [0.2, 0.25) is 0 Å². The van der Waals surface area contributed by atoms with E-state index in [0.29, 0.717) is 6.61 Å². The Kier molecular flexibility index (Phi) is 6.09. The van der Waals surface area contributed by atoms with E-state index in [1.165, 1.54) is 21.2 Å². The van der Waals surface area contributed by atoms with Crippen LogP contribution in [0.1, 0.15) is 11.8 Å². The molecule has 2 N–H and O–H groups in total. The van der Waals surface area contributed by atoms with Gasteiger partial charge >= 0.3 is 0 Å². The van der Waals surface area contributed by atoms with Crippen LogP contribution < -0.4 is 15.4 Å². The lowest BCUT2D eigenvalue weighted by Gasteiger charge is -2.12. The lowest BCUT2D eigenvalue weighted by atomic mass is 10.0. The third-order valence-electron chi connectivity index (χ3n) is 5.64. The summed E-state index contributed by atoms with van der Waals surface area (Å²) in [6.07, 6.45) is 1.64. The molecule has 0 spiro atoms. The molecule has 3 aromatic carbocycles. The molecule has 0 bridgehead atoms. The standard InChI is InChI=1S/C27H26N4OS/c1-3-32-21-13-11-20(12-14-21)24-18(2)33-27-25(24)26(30-17-31-27)29-16-15-28-23-10-6-8-19-7-4-5-9-22(19)23/h4-14,17,28H,3,15-16H2,1-2H3,(H,29,30,31). The van der Waals surface area contributed by atoms with Gasteiger partial charge in [-0.1, -0.05) is 48.5 Å². The smallest absolute Gasteiger partial charge is 0.138 e. The van der Waals surface area contributed by atoms with Gasteiger partial charge in [-0.2, -0.15) is 0 Å². The average Bonchev–Trinajstić information content (AvgIpc) is 3.19. The molecule has 0 aliphatic carbocycles. The lowest BCUT2D eigenvalue weighted by Crippen LogP contribution is -2.14. The van der Waals surface area contributed by atoms with Crippen molar-refractivity contribution >= 4 is 43.8 Å². The Labute approximate surface area is 197 Å². The second-order valence-electron chi connectivity index (χ2n) is 7.77. The first-order chi connectivity index (χ1) is 16.2. The molecule has 5 rings (SSSR count). The van der Waals surface area contributed by atoms with Gasteiger partial charge < -0.3 is 15.4 Å². The number of hydrogen-bond acceptors (Lipinski definition) is 6. The predicted molar refractivity (Wildman–Crippen MR) is 140 cm³/mol. The molecule has 0 unspecified atom stereocenters. The van der Waals surface area contributed by atoms with Gasteiger partial charge in [0.15, 0.2) is 0 Å². The van der Waals surface area contributed by atoms with Crippen LogP contribution in [0.15, 0.2) is 73.1 Å². The van der Waals surface area contributed by atoms with Crippen molar-refractivity contribution in [2.45, 2.75) is 13.8 Å². The van der Waals surface area contributed by atoms with Crippen molar-refractivity contribution in [3.05, 3.63) is 77.9 Å². The second-order valence-corrected chi connectivity index (χ2v) is 8.98. The first-order valence-corrected chi connectivity index (χ1v) is 12.0. The molecule has 0 atom stereocenters. The molecule has 5 nitrogen and oxygen atoms in total. The van der Waals surface area contributed by atoms with Crippen LogP contribution in [0.4, 0.5) is 11.5 Å². The van der Waals surface area contributed by atoms with E-state index in [2.05, 4.69) is 82.1 Å². The molecule has 166 valence electrons. The largest absolute Gasteiger partial charge is 0.494 e. The van der Waals surface area contributed by atoms with E-state index in [1.54, 1.807) is 17.7 Å². The highest BCUT2D eigenvalue weighted by molar-refractivity contribution is 7.19. The molecule has 6 heteroatoms. The highest BCUT2D eigenvalue weighted by Gasteiger charge is 2.16. The van der Waals surface area contributed by atoms with Crippen molar-refractivity contribution in [3.63, 3.8) is 0 Å². The number of benzene rings is 3. The number of rotatable bonds is 8. The Morgan fingerprint density at radius 1 is 0.879 bits per heavy atom. The summed E-state index contributed by atoms with van der Waals surface area (Å²) >= 11 is 1.70. The van der Waals surface area contributed by atoms with Gasteiger partial charge in [0.05, 0.1) is 12.0 Å². The summed E-state index contributed by atoms with van der Waals surface area (Å²) in [6, 6.07) is 23.0. The predicted octanol–water partition coefficient (Wildman–Crippen LogP) is 6.74. The quantitative estimate of drug-likeness (QED) is 0.254. The van der Waals surface area contributed by atoms with Crippen LogP contribution in [-0.4, -0.2) is 29.7 Å². The normalized spacial score (nSPS) is 11.1. The van der Waals surface area contributed by atoms with Crippen LogP contribution in [0, 0.1) is 6.92 Å². The first-order valence-electron chi connectivity index (χ1n) is 11.2. The van der Waals surface area contributed by atoms with Gasteiger partial charge in [-0.3, -0.25) is 0 Å². The van der Waals surface area contributed by atoms with E-state index >= 15 is 0 Å². The minimum absolute atomic E-state index is 0.661. The monoisotopic (exact) mass is 454 g/mol. The van der Waals surface area contributed by atoms with Crippen molar-refractivity contribution in [2.75, 3.05) is 30.3 Å². The summed E-state index contributed by atoms with van der Waals surface area (Å²) in [7, 11) is 0. The second kappa shape index (κ2) is 9.46. The Hall–Kier alpha value is -3.64. The summed E-state index contributed by atoms with van der Waals surface area (Å²) in [5.41, 5.74) is 3.47. The number of aromatic nitrogens is 2. The van der Waals surface area contributed by atoms with Crippen LogP contribution >= 0.6 is 11.3 Å². The summed E-state index contributed by atoms with van der Waals surface area (Å²) in [4.78, 5) is 11.3. The number of nitrogens with one attached hydrogen (secondary N) is 2. The molecule has 33 heavy (non-hydrogen) atoms. The minimum atomic E-state index is 0.661. The Balaban J connectivity index is 1.36. The highest BCUT2D eigenvalue weighted by atomic mass is 32.1. The fourth-order valence-electron chi connectivity index (χ4n) is 4.17. The fourth-order valence-corrected chi connectivity index (χ4v) is 5.18. The van der Waals surface area contributed by atoms with Crippen molar-refractivity contribution < 1.29 is 4.74 Å². The average molecular weight is 455 g/mol. The highest BCUT2D eigenvalue weighted by Crippen LogP contribution is 2.40. The van der Waals surface area contributed by atoms with E-state index in [4.69, 9.17) is 4.74 Å². The molecule has 0 aliphatic heterocycles. The Morgan fingerprint density at radius 2 is 1.67 bits per heavy atom. The summed E-state index contributed by atoms with van der Waals surface area (Å²) < 4.78 is 5.61. The van der Waals surface area contributed by atoms with Gasteiger partial charge in [-0.05, 0) is 43.0 Å². The molecule has 0 radical (unpaired) electrons. The SMILES string of the molecule is CCOc1ccc(-c2c(C)sc3ncnc(NCCNc4cccc5ccccc45)c23)cc1. The number of anilines is 2. The van der Waals surface area contributed by atoms with E-state index < -0.39 is 0 Å². The lowest BCUT2D eigenvalue weighted by molar-refractivity contribution is 0.340. The maximum atomic E-state index is 5.61. The zero-order chi connectivity index (χ0) is 22.6. The van der Waals surface area contributed by atoms with Crippen LogP contribution in [0.2, 0.25) is 0 Å². The third kappa shape index (κ3) is 4.34. The van der Waals surface area contributed by atoms with E-state index in [0.717, 1.165) is 46.1 Å². The van der Waals surface area contributed by atoms with Crippen molar-refractivity contribution in [2.24, 2.45) is 0 Å². The van der Waals surface area contributed by atoms with E-state index in [9.17, 15) is 0 Å². The van der Waals surface area contributed by atoms with Crippen LogP contribution in [0.5, 0.6) is 5.75 Å². The zero-order valence-corrected chi connectivity index (χ0v) is 19.6. The maximum absolute atomic E-state index is 5.61. The Morgan fingerprint density at radius 3 is 2.52 bits per heavy atom. The summed E-state index contributed by atoms with van der Waals surface area (Å²) in [5, 5.41) is 10.6. The maximum Gasteiger partial charge on any atom is 0.138 e. The number of ether oxygens (including phenoxy) is 1. The molecule has 0 fully saturated rings. The molecule has 0 amide bonds.